The number of rotatable bonds is 4. The molecule has 134 valence electrons. The van der Waals surface area contributed by atoms with Crippen molar-refractivity contribution in [2.24, 2.45) is 12.1 Å². The second-order valence-electron chi connectivity index (χ2n) is 5.51. The number of aryl methyl sites for hydroxylation is 2. The third-order valence-electron chi connectivity index (χ3n) is 3.78. The van der Waals surface area contributed by atoms with E-state index in [1.165, 1.54) is 23.5 Å². The maximum atomic E-state index is 12.3. The molecule has 0 atom stereocenters. The van der Waals surface area contributed by atoms with Crippen LogP contribution < -0.4 is 10.2 Å². The molecule has 0 bridgehead atoms. The maximum absolute atomic E-state index is 12.3. The zero-order valence-electron chi connectivity index (χ0n) is 14.6. The predicted molar refractivity (Wildman–Crippen MR) is 98.8 cm³/mol. The first kappa shape index (κ1) is 17.8. The van der Waals surface area contributed by atoms with Crippen LogP contribution in [-0.4, -0.2) is 28.0 Å². The normalized spacial score (nSPS) is 11.6. The summed E-state index contributed by atoms with van der Waals surface area (Å²) in [6.07, 6.45) is 0. The Morgan fingerprint density at radius 2 is 2.04 bits per heavy atom. The maximum Gasteiger partial charge on any atom is 0.339 e. The van der Waals surface area contributed by atoms with Crippen LogP contribution in [0.25, 0.3) is 10.2 Å². The predicted octanol–water partition coefficient (Wildman–Crippen LogP) is 2.37. The van der Waals surface area contributed by atoms with Crippen molar-refractivity contribution in [3.8, 4) is 0 Å². The Kier molecular flexibility index (Phi) is 5.13. The number of fused-ring (bicyclic) bond motifs is 1. The zero-order valence-corrected chi connectivity index (χ0v) is 15.5. The molecule has 2 heterocycles. The van der Waals surface area contributed by atoms with Crippen LogP contribution in [0.3, 0.4) is 0 Å². The molecule has 0 radical (unpaired) electrons. The molecule has 7 nitrogen and oxygen atoms in total. The van der Waals surface area contributed by atoms with Gasteiger partial charge in [-0.15, -0.1) is 5.10 Å². The Morgan fingerprint density at radius 3 is 2.73 bits per heavy atom. The van der Waals surface area contributed by atoms with Gasteiger partial charge in [0.25, 0.3) is 5.91 Å². The minimum atomic E-state index is -0.452. The highest BCUT2D eigenvalue weighted by Gasteiger charge is 2.14. The van der Waals surface area contributed by atoms with Crippen molar-refractivity contribution in [1.29, 1.82) is 0 Å². The van der Waals surface area contributed by atoms with E-state index in [0.717, 1.165) is 10.2 Å². The van der Waals surface area contributed by atoms with E-state index < -0.39 is 11.9 Å². The van der Waals surface area contributed by atoms with Crippen molar-refractivity contribution in [3.63, 3.8) is 0 Å². The third kappa shape index (κ3) is 3.50. The Hall–Kier alpha value is -3.00. The summed E-state index contributed by atoms with van der Waals surface area (Å²) < 4.78 is 7.94. The highest BCUT2D eigenvalue weighted by Crippen LogP contribution is 2.15. The smallest absolute Gasteiger partial charge is 0.339 e. The molecule has 1 aromatic carbocycles. The van der Waals surface area contributed by atoms with Gasteiger partial charge < -0.3 is 9.30 Å². The second-order valence-corrected chi connectivity index (χ2v) is 6.52. The topological polar surface area (TPSA) is 85.6 Å². The SMILES string of the molecule is CCOC(=O)c1ccc(C(=O)N/N=c2/sc3ccccc3n2C)nc1C. The lowest BCUT2D eigenvalue weighted by Gasteiger charge is -2.06. The van der Waals surface area contributed by atoms with Crippen LogP contribution >= 0.6 is 11.3 Å². The molecule has 0 aliphatic heterocycles. The van der Waals surface area contributed by atoms with Crippen molar-refractivity contribution in [2.45, 2.75) is 13.8 Å². The standard InChI is InChI=1S/C18H18N4O3S/c1-4-25-17(24)12-9-10-13(19-11(12)2)16(23)20-21-18-22(3)14-7-5-6-8-15(14)26-18/h5-10H,4H2,1-3H3,(H,20,23)/b21-18+. The van der Waals surface area contributed by atoms with Crippen LogP contribution in [-0.2, 0) is 11.8 Å². The Bertz CT molecular complexity index is 1050. The molecule has 0 spiro atoms. The molecule has 1 amide bonds. The van der Waals surface area contributed by atoms with Gasteiger partial charge in [-0.05, 0) is 38.1 Å². The van der Waals surface area contributed by atoms with Crippen molar-refractivity contribution in [3.05, 3.63) is 58.2 Å². The number of nitrogens with zero attached hydrogens (tertiary/aromatic N) is 3. The number of ether oxygens (including phenoxy) is 1. The number of thiazole rings is 1. The zero-order chi connectivity index (χ0) is 18.7. The number of nitrogens with one attached hydrogen (secondary N) is 1. The molecule has 0 unspecified atom stereocenters. The van der Waals surface area contributed by atoms with Gasteiger partial charge in [0.2, 0.25) is 4.80 Å². The highest BCUT2D eigenvalue weighted by atomic mass is 32.1. The number of aromatic nitrogens is 2. The molecule has 0 aliphatic rings. The summed E-state index contributed by atoms with van der Waals surface area (Å²) in [5, 5.41) is 4.19. The molecule has 0 saturated heterocycles. The van der Waals surface area contributed by atoms with E-state index in [9.17, 15) is 9.59 Å². The molecule has 0 saturated carbocycles. The lowest BCUT2D eigenvalue weighted by atomic mass is 10.2. The summed E-state index contributed by atoms with van der Waals surface area (Å²) in [6, 6.07) is 10.9. The number of pyridine rings is 1. The molecule has 3 rings (SSSR count). The van der Waals surface area contributed by atoms with Gasteiger partial charge in [0, 0.05) is 7.05 Å². The Morgan fingerprint density at radius 1 is 1.27 bits per heavy atom. The second kappa shape index (κ2) is 7.49. The first-order valence-corrected chi connectivity index (χ1v) is 8.86. The summed E-state index contributed by atoms with van der Waals surface area (Å²) in [4.78, 5) is 29.0. The monoisotopic (exact) mass is 370 g/mol. The van der Waals surface area contributed by atoms with E-state index in [-0.39, 0.29) is 12.3 Å². The van der Waals surface area contributed by atoms with Gasteiger partial charge in [-0.3, -0.25) is 4.79 Å². The molecule has 26 heavy (non-hydrogen) atoms. The summed E-state index contributed by atoms with van der Waals surface area (Å²) in [7, 11) is 1.89. The average Bonchev–Trinajstić information content (AvgIpc) is 2.96. The van der Waals surface area contributed by atoms with E-state index in [1.807, 2.05) is 35.9 Å². The average molecular weight is 370 g/mol. The van der Waals surface area contributed by atoms with Crippen molar-refractivity contribution in [2.75, 3.05) is 6.61 Å². The van der Waals surface area contributed by atoms with Gasteiger partial charge in [-0.25, -0.2) is 15.2 Å². The first-order valence-electron chi connectivity index (χ1n) is 8.04. The molecule has 1 N–H and O–H groups in total. The lowest BCUT2D eigenvalue weighted by Crippen LogP contribution is -2.24. The van der Waals surface area contributed by atoms with Gasteiger partial charge in [0.15, 0.2) is 0 Å². The molecule has 8 heteroatoms. The molecule has 2 aromatic heterocycles. The first-order chi connectivity index (χ1) is 12.5. The number of amides is 1. The number of carbonyl (C=O) groups is 2. The van der Waals surface area contributed by atoms with Gasteiger partial charge >= 0.3 is 5.97 Å². The fourth-order valence-electron chi connectivity index (χ4n) is 2.46. The van der Waals surface area contributed by atoms with Crippen LogP contribution in [0.5, 0.6) is 0 Å². The van der Waals surface area contributed by atoms with Crippen LogP contribution in [0.1, 0.15) is 33.5 Å². The van der Waals surface area contributed by atoms with Crippen molar-refractivity contribution in [1.82, 2.24) is 15.0 Å². The van der Waals surface area contributed by atoms with Crippen molar-refractivity contribution < 1.29 is 14.3 Å². The number of para-hydroxylation sites is 1. The van der Waals surface area contributed by atoms with Gasteiger partial charge in [0.1, 0.15) is 5.69 Å². The van der Waals surface area contributed by atoms with E-state index in [2.05, 4.69) is 15.5 Å². The number of esters is 1. The fraction of sp³-hybridized carbons (Fsp3) is 0.222. The van der Waals surface area contributed by atoms with E-state index in [1.54, 1.807) is 13.8 Å². The fourth-order valence-corrected chi connectivity index (χ4v) is 3.44. The molecular weight excluding hydrogens is 352 g/mol. The summed E-state index contributed by atoms with van der Waals surface area (Å²) >= 11 is 1.48. The molecule has 0 fully saturated rings. The quantitative estimate of drug-likeness (QED) is 0.564. The Labute approximate surface area is 154 Å². The van der Waals surface area contributed by atoms with Crippen LogP contribution in [0.15, 0.2) is 41.5 Å². The van der Waals surface area contributed by atoms with E-state index in [4.69, 9.17) is 4.74 Å². The van der Waals surface area contributed by atoms with Gasteiger partial charge in [-0.2, -0.15) is 0 Å². The highest BCUT2D eigenvalue weighted by molar-refractivity contribution is 7.16. The molecule has 3 aromatic rings. The number of carbonyl (C=O) groups excluding carboxylic acids is 2. The van der Waals surface area contributed by atoms with Gasteiger partial charge in [-0.1, -0.05) is 23.5 Å². The summed E-state index contributed by atoms with van der Waals surface area (Å²) in [5.41, 5.74) is 4.52. The minimum absolute atomic E-state index is 0.183. The molecule has 0 aliphatic carbocycles. The third-order valence-corrected chi connectivity index (χ3v) is 4.89. The van der Waals surface area contributed by atoms with E-state index in [0.29, 0.717) is 16.1 Å². The summed E-state index contributed by atoms with van der Waals surface area (Å²) in [6.45, 7) is 3.68. The van der Waals surface area contributed by atoms with Crippen LogP contribution in [0, 0.1) is 6.92 Å². The number of benzene rings is 1. The lowest BCUT2D eigenvalue weighted by molar-refractivity contribution is 0.0524. The van der Waals surface area contributed by atoms with Gasteiger partial charge in [0.05, 0.1) is 28.1 Å². The van der Waals surface area contributed by atoms with Crippen molar-refractivity contribution >= 4 is 33.4 Å². The Balaban J connectivity index is 1.82. The number of hydrogen-bond donors (Lipinski definition) is 1. The summed E-state index contributed by atoms with van der Waals surface area (Å²) in [5.74, 6) is -0.896. The van der Waals surface area contributed by atoms with Crippen LogP contribution in [0.2, 0.25) is 0 Å². The number of hydrogen-bond acceptors (Lipinski definition) is 6. The largest absolute Gasteiger partial charge is 0.462 e. The van der Waals surface area contributed by atoms with E-state index >= 15 is 0 Å². The molecular formula is C18H18N4O3S. The minimum Gasteiger partial charge on any atom is -0.462 e. The van der Waals surface area contributed by atoms with Crippen LogP contribution in [0.4, 0.5) is 0 Å².